The number of nitrogens with zero attached hydrogens (tertiary/aromatic N) is 1. The maximum absolute atomic E-state index is 14.6. The molecule has 1 amide bonds. The fourth-order valence-corrected chi connectivity index (χ4v) is 4.09. The molecule has 2 aromatic carbocycles. The van der Waals surface area contributed by atoms with Crippen LogP contribution in [0.4, 0.5) is 22.4 Å². The summed E-state index contributed by atoms with van der Waals surface area (Å²) in [5.74, 6) is -1.55. The summed E-state index contributed by atoms with van der Waals surface area (Å²) in [6, 6.07) is 6.78. The second-order valence-electron chi connectivity index (χ2n) is 6.89. The average Bonchev–Trinajstić information content (AvgIpc) is 3.20. The van der Waals surface area contributed by atoms with Crippen LogP contribution in [0.1, 0.15) is 28.6 Å². The van der Waals surface area contributed by atoms with Crippen molar-refractivity contribution in [3.05, 3.63) is 63.9 Å². The molecule has 0 spiro atoms. The number of amidine groups is 1. The number of alkyl halides is 3. The molecule has 34 heavy (non-hydrogen) atoms. The molecule has 0 fully saturated rings. The molecule has 0 atom stereocenters. The van der Waals surface area contributed by atoms with Crippen LogP contribution in [0.25, 0.3) is 10.6 Å². The number of ether oxygens (including phenoxy) is 2. The number of aryl methyl sites for hydroxylation is 1. The van der Waals surface area contributed by atoms with Gasteiger partial charge in [0.2, 0.25) is 0 Å². The highest BCUT2D eigenvalue weighted by atomic mass is 32.1. The van der Waals surface area contributed by atoms with Gasteiger partial charge in [-0.3, -0.25) is 10.7 Å². The summed E-state index contributed by atoms with van der Waals surface area (Å²) < 4.78 is 63.7. The molecule has 3 N–H and O–H groups in total. The molecule has 0 aliphatic heterocycles. The largest absolute Gasteiger partial charge is 0.496 e. The van der Waals surface area contributed by atoms with Gasteiger partial charge in [-0.15, -0.1) is 11.3 Å². The van der Waals surface area contributed by atoms with Gasteiger partial charge in [0.15, 0.2) is 11.6 Å². The molecule has 1 aromatic heterocycles. The second kappa shape index (κ2) is 10.1. The van der Waals surface area contributed by atoms with E-state index < -0.39 is 29.5 Å². The summed E-state index contributed by atoms with van der Waals surface area (Å²) in [5.41, 5.74) is 0.315. The van der Waals surface area contributed by atoms with Crippen LogP contribution < -0.4 is 14.8 Å². The summed E-state index contributed by atoms with van der Waals surface area (Å²) in [5, 5.41) is 18.8. The van der Waals surface area contributed by atoms with Gasteiger partial charge in [0.25, 0.3) is 0 Å². The molecule has 12 heteroatoms. The van der Waals surface area contributed by atoms with Crippen molar-refractivity contribution >= 4 is 23.3 Å². The van der Waals surface area contributed by atoms with E-state index in [1.165, 1.54) is 36.6 Å². The summed E-state index contributed by atoms with van der Waals surface area (Å²) in [6.45, 7) is 1.79. The number of nitrogens with one attached hydrogen (secondary N) is 2. The molecule has 0 saturated heterocycles. The average molecular weight is 497 g/mol. The predicted octanol–water partition coefficient (Wildman–Crippen LogP) is 5.71. The van der Waals surface area contributed by atoms with Crippen LogP contribution in [-0.4, -0.2) is 29.1 Å². The lowest BCUT2D eigenvalue weighted by molar-refractivity contribution is -0.137. The minimum absolute atomic E-state index is 0.0283. The summed E-state index contributed by atoms with van der Waals surface area (Å²) >= 11 is 1.22. The Morgan fingerprint density at radius 3 is 2.44 bits per heavy atom. The number of carboxylic acid groups (broad SMARTS) is 1. The number of amides is 1. The molecule has 0 radical (unpaired) electrons. The molecule has 0 bridgehead atoms. The van der Waals surface area contributed by atoms with E-state index in [9.17, 15) is 22.4 Å². The van der Waals surface area contributed by atoms with Crippen LogP contribution in [0.5, 0.6) is 11.5 Å². The van der Waals surface area contributed by atoms with E-state index in [1.807, 2.05) is 12.2 Å². The third kappa shape index (κ3) is 5.63. The van der Waals surface area contributed by atoms with E-state index in [2.05, 4.69) is 4.98 Å². The van der Waals surface area contributed by atoms with Crippen LogP contribution in [0.3, 0.4) is 0 Å². The Kier molecular flexibility index (Phi) is 7.40. The number of methoxy groups -OCH3 is 1. The zero-order valence-corrected chi connectivity index (χ0v) is 18.7. The van der Waals surface area contributed by atoms with Crippen molar-refractivity contribution < 1.29 is 36.9 Å². The van der Waals surface area contributed by atoms with Crippen molar-refractivity contribution in [2.75, 3.05) is 7.11 Å². The van der Waals surface area contributed by atoms with Crippen molar-refractivity contribution in [2.45, 2.75) is 26.1 Å². The second-order valence-corrected chi connectivity index (χ2v) is 7.98. The zero-order valence-electron chi connectivity index (χ0n) is 17.9. The van der Waals surface area contributed by atoms with Gasteiger partial charge in [-0.25, -0.2) is 14.2 Å². The number of hydrogen-bond acceptors (Lipinski definition) is 6. The molecule has 1 heterocycles. The molecule has 0 unspecified atom stereocenters. The van der Waals surface area contributed by atoms with Crippen molar-refractivity contribution in [3.63, 3.8) is 0 Å². The molecule has 3 aromatic rings. The highest BCUT2D eigenvalue weighted by molar-refractivity contribution is 7.15. The standard InChI is InChI=1S/C22H19F4N3O4S/c1-3-15-18(34-20(28-15)11-4-6-12(7-5-11)22(24,25)26)10-33-17-9-16(32-2)13(8-14(17)23)19(27)29-21(30)31/h4-9H,3,10H2,1-2H3,(H2,27,29)(H,30,31). The van der Waals surface area contributed by atoms with Crippen molar-refractivity contribution in [1.82, 2.24) is 10.3 Å². The van der Waals surface area contributed by atoms with E-state index in [1.54, 1.807) is 0 Å². The van der Waals surface area contributed by atoms with E-state index in [0.29, 0.717) is 27.6 Å². The molecule has 0 saturated carbocycles. The molecule has 7 nitrogen and oxygen atoms in total. The van der Waals surface area contributed by atoms with Gasteiger partial charge in [-0.2, -0.15) is 13.2 Å². The first-order valence-corrected chi connectivity index (χ1v) is 10.6. The van der Waals surface area contributed by atoms with Crippen molar-refractivity contribution in [3.8, 4) is 22.1 Å². The zero-order chi connectivity index (χ0) is 25.0. The number of hydrogen-bond donors (Lipinski definition) is 3. The van der Waals surface area contributed by atoms with E-state index in [0.717, 1.165) is 18.2 Å². The number of aromatic nitrogens is 1. The molecular formula is C22H19F4N3O4S. The predicted molar refractivity (Wildman–Crippen MR) is 117 cm³/mol. The Labute approximate surface area is 195 Å². The Balaban J connectivity index is 1.82. The first kappa shape index (κ1) is 25.0. The van der Waals surface area contributed by atoms with E-state index >= 15 is 0 Å². The Hall–Kier alpha value is -3.67. The maximum Gasteiger partial charge on any atom is 0.416 e. The minimum Gasteiger partial charge on any atom is -0.496 e. The van der Waals surface area contributed by atoms with Gasteiger partial charge in [0.05, 0.1) is 28.8 Å². The van der Waals surface area contributed by atoms with Gasteiger partial charge < -0.3 is 14.6 Å². The van der Waals surface area contributed by atoms with Crippen LogP contribution in [0, 0.1) is 11.2 Å². The lowest BCUT2D eigenvalue weighted by Gasteiger charge is -2.13. The number of rotatable bonds is 7. The lowest BCUT2D eigenvalue weighted by Crippen LogP contribution is -2.29. The van der Waals surface area contributed by atoms with Gasteiger partial charge in [-0.05, 0) is 24.6 Å². The number of thiazole rings is 1. The number of halogens is 4. The maximum atomic E-state index is 14.6. The molecule has 0 aliphatic carbocycles. The van der Waals surface area contributed by atoms with Crippen molar-refractivity contribution in [2.24, 2.45) is 0 Å². The van der Waals surface area contributed by atoms with Gasteiger partial charge in [0, 0.05) is 11.6 Å². The molecule has 3 rings (SSSR count). The topological polar surface area (TPSA) is 105 Å². The monoisotopic (exact) mass is 497 g/mol. The first-order chi connectivity index (χ1) is 16.0. The fourth-order valence-electron chi connectivity index (χ4n) is 3.02. The quantitative estimate of drug-likeness (QED) is 0.220. The highest BCUT2D eigenvalue weighted by Crippen LogP contribution is 2.34. The van der Waals surface area contributed by atoms with Crippen LogP contribution >= 0.6 is 11.3 Å². The normalized spacial score (nSPS) is 11.2. The third-order valence-corrected chi connectivity index (χ3v) is 5.81. The summed E-state index contributed by atoms with van der Waals surface area (Å²) in [6.07, 6.45) is -5.38. The van der Waals surface area contributed by atoms with E-state index in [-0.39, 0.29) is 23.7 Å². The van der Waals surface area contributed by atoms with Crippen LogP contribution in [-0.2, 0) is 19.2 Å². The van der Waals surface area contributed by atoms with Crippen LogP contribution in [0.2, 0.25) is 0 Å². The highest BCUT2D eigenvalue weighted by Gasteiger charge is 2.30. The van der Waals surface area contributed by atoms with Gasteiger partial charge in [0.1, 0.15) is 23.2 Å². The number of benzene rings is 2. The molecule has 180 valence electrons. The molecular weight excluding hydrogens is 478 g/mol. The van der Waals surface area contributed by atoms with E-state index in [4.69, 9.17) is 20.0 Å². The van der Waals surface area contributed by atoms with Crippen LogP contribution in [0.15, 0.2) is 36.4 Å². The Morgan fingerprint density at radius 2 is 1.88 bits per heavy atom. The first-order valence-electron chi connectivity index (χ1n) is 9.78. The third-order valence-electron chi connectivity index (χ3n) is 4.69. The lowest BCUT2D eigenvalue weighted by atomic mass is 10.1. The smallest absolute Gasteiger partial charge is 0.416 e. The van der Waals surface area contributed by atoms with Gasteiger partial charge >= 0.3 is 12.3 Å². The Morgan fingerprint density at radius 1 is 1.21 bits per heavy atom. The van der Waals surface area contributed by atoms with Gasteiger partial charge in [-0.1, -0.05) is 19.1 Å². The fraction of sp³-hybridized carbons (Fsp3) is 0.227. The van der Waals surface area contributed by atoms with Crippen molar-refractivity contribution in [1.29, 1.82) is 5.41 Å². The number of carbonyl (C=O) groups is 1. The SMILES string of the molecule is CCc1nc(-c2ccc(C(F)(F)F)cc2)sc1COc1cc(OC)c(C(=N)NC(=O)O)cc1F. The minimum atomic E-state index is -4.43. The molecule has 0 aliphatic rings. The summed E-state index contributed by atoms with van der Waals surface area (Å²) in [7, 11) is 1.28. The summed E-state index contributed by atoms with van der Waals surface area (Å²) in [4.78, 5) is 15.9. The Bertz CT molecular complexity index is 1210.